The van der Waals surface area contributed by atoms with Crippen LogP contribution in [-0.4, -0.2) is 36.4 Å². The zero-order chi connectivity index (χ0) is 13.7. The van der Waals surface area contributed by atoms with Crippen molar-refractivity contribution >= 4 is 11.3 Å². The van der Waals surface area contributed by atoms with Crippen molar-refractivity contribution < 1.29 is 9.47 Å². The molecule has 2 rings (SSSR count). The van der Waals surface area contributed by atoms with Crippen LogP contribution in [0.2, 0.25) is 0 Å². The number of nitrogens with one attached hydrogen (secondary N) is 1. The van der Waals surface area contributed by atoms with Crippen molar-refractivity contribution in [1.29, 1.82) is 0 Å². The number of methoxy groups -OCH3 is 2. The predicted molar refractivity (Wildman–Crippen MR) is 73.2 cm³/mol. The molecule has 0 aliphatic rings. The van der Waals surface area contributed by atoms with Gasteiger partial charge in [0.05, 0.1) is 19.4 Å². The van der Waals surface area contributed by atoms with Crippen LogP contribution < -0.4 is 10.1 Å². The zero-order valence-corrected chi connectivity index (χ0v) is 12.0. The number of nitrogens with zero attached hydrogens (tertiary/aromatic N) is 3. The Morgan fingerprint density at radius 2 is 2.11 bits per heavy atom. The summed E-state index contributed by atoms with van der Waals surface area (Å²) in [6.07, 6.45) is 0. The quantitative estimate of drug-likeness (QED) is 0.864. The smallest absolute Gasteiger partial charge is 0.233 e. The first-order valence-corrected chi connectivity index (χ1v) is 6.60. The largest absolute Gasteiger partial charge is 0.480 e. The van der Waals surface area contributed by atoms with Gasteiger partial charge in [-0.3, -0.25) is 0 Å². The fourth-order valence-electron chi connectivity index (χ4n) is 1.58. The number of thiazole rings is 1. The molecule has 2 aromatic heterocycles. The molecule has 0 saturated heterocycles. The van der Waals surface area contributed by atoms with Crippen molar-refractivity contribution in [2.45, 2.75) is 13.2 Å². The number of ether oxygens (including phenoxy) is 2. The highest BCUT2D eigenvalue weighted by Crippen LogP contribution is 2.27. The van der Waals surface area contributed by atoms with Crippen molar-refractivity contribution in [2.75, 3.05) is 21.3 Å². The highest BCUT2D eigenvalue weighted by atomic mass is 32.1. The average Bonchev–Trinajstić information content (AvgIpc) is 2.83. The van der Waals surface area contributed by atoms with Gasteiger partial charge < -0.3 is 14.8 Å². The van der Waals surface area contributed by atoms with Crippen molar-refractivity contribution in [3.05, 3.63) is 22.7 Å². The molecule has 0 unspecified atom stereocenters. The van der Waals surface area contributed by atoms with Gasteiger partial charge in [-0.1, -0.05) is 0 Å². The normalized spacial score (nSPS) is 10.7. The molecular weight excluding hydrogens is 264 g/mol. The molecule has 102 valence electrons. The van der Waals surface area contributed by atoms with Crippen LogP contribution in [-0.2, 0) is 17.9 Å². The molecule has 2 heterocycles. The summed E-state index contributed by atoms with van der Waals surface area (Å²) in [7, 11) is 5.13. The van der Waals surface area contributed by atoms with Gasteiger partial charge in [-0.2, -0.15) is 0 Å². The molecule has 0 atom stereocenters. The van der Waals surface area contributed by atoms with Crippen LogP contribution in [0.15, 0.2) is 12.1 Å². The molecule has 0 radical (unpaired) electrons. The fraction of sp³-hybridized carbons (Fsp3) is 0.417. The van der Waals surface area contributed by atoms with Crippen LogP contribution in [0.1, 0.15) is 10.6 Å². The van der Waals surface area contributed by atoms with Crippen LogP contribution >= 0.6 is 11.3 Å². The summed E-state index contributed by atoms with van der Waals surface area (Å²) < 4.78 is 10.2. The maximum absolute atomic E-state index is 5.16. The molecule has 0 spiro atoms. The predicted octanol–water partition coefficient (Wildman–Crippen LogP) is 1.47. The van der Waals surface area contributed by atoms with Gasteiger partial charge in [0.25, 0.3) is 0 Å². The second-order valence-corrected chi connectivity index (χ2v) is 4.90. The van der Waals surface area contributed by atoms with E-state index in [9.17, 15) is 0 Å². The highest BCUT2D eigenvalue weighted by molar-refractivity contribution is 7.15. The summed E-state index contributed by atoms with van der Waals surface area (Å²) in [6, 6.07) is 3.63. The Balaban J connectivity index is 2.30. The van der Waals surface area contributed by atoms with Crippen LogP contribution in [0.3, 0.4) is 0 Å². The molecule has 6 nitrogen and oxygen atoms in total. The third-order valence-electron chi connectivity index (χ3n) is 2.46. The topological polar surface area (TPSA) is 69.2 Å². The Labute approximate surface area is 115 Å². The second kappa shape index (κ2) is 6.55. The van der Waals surface area contributed by atoms with Crippen LogP contribution in [0.25, 0.3) is 10.7 Å². The minimum Gasteiger partial charge on any atom is -0.480 e. The van der Waals surface area contributed by atoms with Gasteiger partial charge in [-0.05, 0) is 13.1 Å². The molecule has 0 bridgehead atoms. The molecule has 0 fully saturated rings. The van der Waals surface area contributed by atoms with E-state index in [4.69, 9.17) is 9.47 Å². The van der Waals surface area contributed by atoms with E-state index in [2.05, 4.69) is 20.5 Å². The molecule has 0 aliphatic carbocycles. The standard InChI is InChI=1S/C12H16N4O2S/c1-13-6-10-9(7-17-2)14-12(19-10)8-4-5-11(18-3)16-15-8/h4-5,13H,6-7H2,1-3H3. The van der Waals surface area contributed by atoms with Gasteiger partial charge in [0, 0.05) is 24.6 Å². The lowest BCUT2D eigenvalue weighted by Gasteiger charge is -1.98. The second-order valence-electron chi connectivity index (χ2n) is 3.81. The Hall–Kier alpha value is -1.57. The van der Waals surface area contributed by atoms with Crippen molar-refractivity contribution in [3.8, 4) is 16.6 Å². The Kier molecular flexibility index (Phi) is 4.78. The van der Waals surface area contributed by atoms with Gasteiger partial charge in [0.2, 0.25) is 5.88 Å². The van der Waals surface area contributed by atoms with E-state index >= 15 is 0 Å². The number of rotatable bonds is 6. The molecule has 1 N–H and O–H groups in total. The van der Waals surface area contributed by atoms with Gasteiger partial charge in [0.15, 0.2) is 0 Å². The van der Waals surface area contributed by atoms with Gasteiger partial charge in [-0.15, -0.1) is 21.5 Å². The van der Waals surface area contributed by atoms with Crippen molar-refractivity contribution in [3.63, 3.8) is 0 Å². The number of hydrogen-bond acceptors (Lipinski definition) is 7. The maximum atomic E-state index is 5.16. The van der Waals surface area contributed by atoms with E-state index < -0.39 is 0 Å². The highest BCUT2D eigenvalue weighted by Gasteiger charge is 2.13. The van der Waals surface area contributed by atoms with E-state index in [0.717, 1.165) is 27.8 Å². The SMILES string of the molecule is CNCc1sc(-c2ccc(OC)nn2)nc1COC. The van der Waals surface area contributed by atoms with Crippen LogP contribution in [0.5, 0.6) is 5.88 Å². The summed E-state index contributed by atoms with van der Waals surface area (Å²) in [4.78, 5) is 5.70. The Bertz CT molecular complexity index is 504. The maximum Gasteiger partial charge on any atom is 0.233 e. The first kappa shape index (κ1) is 13.9. The first-order chi connectivity index (χ1) is 9.28. The van der Waals surface area contributed by atoms with E-state index in [1.54, 1.807) is 31.6 Å². The lowest BCUT2D eigenvalue weighted by atomic mass is 10.3. The van der Waals surface area contributed by atoms with Gasteiger partial charge in [-0.25, -0.2) is 4.98 Å². The summed E-state index contributed by atoms with van der Waals surface area (Å²) >= 11 is 1.59. The molecule has 0 amide bonds. The van der Waals surface area contributed by atoms with E-state index in [1.165, 1.54) is 0 Å². The molecule has 0 aromatic carbocycles. The third-order valence-corrected chi connectivity index (χ3v) is 3.59. The lowest BCUT2D eigenvalue weighted by Crippen LogP contribution is -2.06. The van der Waals surface area contributed by atoms with E-state index in [-0.39, 0.29) is 0 Å². The molecule has 2 aromatic rings. The van der Waals surface area contributed by atoms with E-state index in [1.807, 2.05) is 13.1 Å². The first-order valence-electron chi connectivity index (χ1n) is 5.78. The monoisotopic (exact) mass is 280 g/mol. The number of hydrogen-bond donors (Lipinski definition) is 1. The summed E-state index contributed by atoms with van der Waals surface area (Å²) in [5.74, 6) is 0.493. The number of aromatic nitrogens is 3. The lowest BCUT2D eigenvalue weighted by molar-refractivity contribution is 0.181. The minimum atomic E-state index is 0.493. The molecular formula is C12H16N4O2S. The zero-order valence-electron chi connectivity index (χ0n) is 11.1. The summed E-state index contributed by atoms with van der Waals surface area (Å²) in [5.41, 5.74) is 1.68. The van der Waals surface area contributed by atoms with Crippen molar-refractivity contribution in [1.82, 2.24) is 20.5 Å². The Morgan fingerprint density at radius 1 is 1.26 bits per heavy atom. The Morgan fingerprint density at radius 3 is 2.68 bits per heavy atom. The molecule has 0 aliphatic heterocycles. The molecule has 7 heteroatoms. The minimum absolute atomic E-state index is 0.493. The third kappa shape index (κ3) is 3.25. The van der Waals surface area contributed by atoms with Gasteiger partial charge >= 0.3 is 0 Å². The van der Waals surface area contributed by atoms with Gasteiger partial charge in [0.1, 0.15) is 10.7 Å². The van der Waals surface area contributed by atoms with Crippen LogP contribution in [0, 0.1) is 0 Å². The molecule has 0 saturated carbocycles. The summed E-state index contributed by atoms with van der Waals surface area (Å²) in [6.45, 7) is 1.26. The van der Waals surface area contributed by atoms with Crippen molar-refractivity contribution in [2.24, 2.45) is 0 Å². The fourth-order valence-corrected chi connectivity index (χ4v) is 2.63. The van der Waals surface area contributed by atoms with Crippen LogP contribution in [0.4, 0.5) is 0 Å². The molecule has 19 heavy (non-hydrogen) atoms. The average molecular weight is 280 g/mol. The van der Waals surface area contributed by atoms with E-state index in [0.29, 0.717) is 12.5 Å². The summed E-state index contributed by atoms with van der Waals surface area (Å²) in [5, 5.41) is 12.0.